The zero-order valence-electron chi connectivity index (χ0n) is 41.3. The Balaban J connectivity index is 0.000000138. The van der Waals surface area contributed by atoms with Gasteiger partial charge in [-0.25, -0.2) is 14.9 Å². The van der Waals surface area contributed by atoms with Crippen LogP contribution in [0, 0.1) is 34.7 Å². The number of aromatic nitrogens is 14. The number of hydrazine groups is 2. The smallest absolute Gasteiger partial charge is 0.209 e. The van der Waals surface area contributed by atoms with Gasteiger partial charge in [0.2, 0.25) is 11.6 Å². The van der Waals surface area contributed by atoms with Crippen molar-refractivity contribution in [3.63, 3.8) is 0 Å². The maximum atomic E-state index is 5.68. The second-order valence-electron chi connectivity index (χ2n) is 17.1. The number of aromatic amines is 3. The summed E-state index contributed by atoms with van der Waals surface area (Å²) >= 11 is 16.5. The summed E-state index contributed by atoms with van der Waals surface area (Å²) < 4.78 is 17.8. The Labute approximate surface area is 440 Å². The van der Waals surface area contributed by atoms with E-state index in [-0.39, 0.29) is 0 Å². The third-order valence-electron chi connectivity index (χ3n) is 11.7. The molecule has 0 saturated heterocycles. The fourth-order valence-electron chi connectivity index (χ4n) is 7.64. The first-order valence-electron chi connectivity index (χ1n) is 23.2. The van der Waals surface area contributed by atoms with Gasteiger partial charge in [-0.15, -0.1) is 31.0 Å². The van der Waals surface area contributed by atoms with Crippen LogP contribution in [-0.4, -0.2) is 94.8 Å². The summed E-state index contributed by atoms with van der Waals surface area (Å²) in [5.41, 5.74) is 17.1. The van der Waals surface area contributed by atoms with Gasteiger partial charge in [0.15, 0.2) is 5.84 Å². The Hall–Kier alpha value is -8.64. The van der Waals surface area contributed by atoms with Gasteiger partial charge in [-0.1, -0.05) is 126 Å². The van der Waals surface area contributed by atoms with E-state index in [2.05, 4.69) is 100 Å². The van der Waals surface area contributed by atoms with Crippen LogP contribution in [0.4, 0.5) is 0 Å². The van der Waals surface area contributed by atoms with Crippen LogP contribution in [-0.2, 0) is 26.7 Å². The van der Waals surface area contributed by atoms with E-state index < -0.39 is 0 Å². The van der Waals surface area contributed by atoms with Crippen LogP contribution in [0.15, 0.2) is 145 Å². The molecule has 11 rings (SSSR count). The quantitative estimate of drug-likeness (QED) is 0.0685. The molecular formula is C51H52N18O2S3. The number of methoxy groups -OCH3 is 2. The first-order valence-corrected chi connectivity index (χ1v) is 24.4. The number of amidine groups is 1. The Bertz CT molecular complexity index is 3690. The van der Waals surface area contributed by atoms with Crippen molar-refractivity contribution < 1.29 is 9.47 Å². The molecule has 5 aromatic carbocycles. The summed E-state index contributed by atoms with van der Waals surface area (Å²) in [4.78, 5) is 3.13. The molecule has 0 radical (unpaired) electrons. The highest BCUT2D eigenvalue weighted by molar-refractivity contribution is 7.72. The van der Waals surface area contributed by atoms with Gasteiger partial charge < -0.3 is 14.6 Å². The third kappa shape index (κ3) is 11.8. The molecule has 5 N–H and O–H groups in total. The molecule has 74 heavy (non-hydrogen) atoms. The summed E-state index contributed by atoms with van der Waals surface area (Å²) in [6.45, 7) is 7.91. The number of benzene rings is 5. The fraction of sp³-hybridized carbons (Fsp3) is 0.176. The fourth-order valence-corrected chi connectivity index (χ4v) is 8.46. The molecule has 10 aromatic rings. The van der Waals surface area contributed by atoms with Crippen LogP contribution >= 0.6 is 36.7 Å². The van der Waals surface area contributed by atoms with Crippen LogP contribution in [0.2, 0.25) is 0 Å². The predicted octanol–water partition coefficient (Wildman–Crippen LogP) is 8.69. The average Bonchev–Trinajstić information content (AvgIpc) is 4.31. The number of H-pyrrole nitrogens is 3. The van der Waals surface area contributed by atoms with Gasteiger partial charge in [0.25, 0.3) is 0 Å². The highest BCUT2D eigenvalue weighted by Gasteiger charge is 2.23. The lowest BCUT2D eigenvalue weighted by atomic mass is 10.1. The minimum Gasteiger partial charge on any atom is -0.497 e. The van der Waals surface area contributed by atoms with Gasteiger partial charge in [-0.3, -0.25) is 19.9 Å². The molecule has 20 nitrogen and oxygen atoms in total. The number of hydrazone groups is 1. The van der Waals surface area contributed by atoms with E-state index in [9.17, 15) is 0 Å². The SMILES string of the molecule is COc1ccc(CN2NNN=C2c2c[nH]n(-c3ccc(C)cc3)c2=S)cc1.COc1ccc(Cn2nnc(-c3c[nH]n(-c4ccc(C)cc4)c3=S)n2)cc1.Cc1cccc(Cn2nnc(-c3c[nH]n(C)c3=S)n2)c1. The molecule has 0 aliphatic carbocycles. The minimum absolute atomic E-state index is 0.496. The topological polar surface area (TPSA) is 207 Å². The number of hydrogen-bond donors (Lipinski definition) is 5. The Morgan fingerprint density at radius 2 is 1.00 bits per heavy atom. The zero-order chi connectivity index (χ0) is 51.7. The van der Waals surface area contributed by atoms with Crippen molar-refractivity contribution in [3.8, 4) is 45.6 Å². The standard InChI is InChI=1S/C19H20N6OS.C19H18N6OS.C13H14N6S/c1-13-3-7-15(8-4-13)25-19(27)17(11-20-25)18-21-22-23-24(18)12-14-5-9-16(26-2)10-6-14;1-13-3-7-15(8-4-13)25-19(27)17(11-20-25)18-21-23-24(22-18)12-14-5-9-16(26-2)10-6-14;1-9-4-3-5-10(6-9)8-19-16-12(15-17-19)11-7-14-18(2)13(11)20/h3-11,20,22-23H,12H2,1-2H3;3-11,20H,12H2,1-2H3;3-7,14H,8H2,1-2H3. The molecule has 0 unspecified atom stereocenters. The van der Waals surface area contributed by atoms with Crippen LogP contribution in [0.25, 0.3) is 34.2 Å². The molecule has 1 aliphatic rings. The molecular weight excluding hydrogens is 993 g/mol. The normalized spacial score (nSPS) is 11.8. The van der Waals surface area contributed by atoms with Gasteiger partial charge in [0.1, 0.15) is 25.4 Å². The van der Waals surface area contributed by atoms with Crippen molar-refractivity contribution in [2.24, 2.45) is 12.1 Å². The van der Waals surface area contributed by atoms with E-state index in [1.807, 2.05) is 132 Å². The van der Waals surface area contributed by atoms with E-state index >= 15 is 0 Å². The van der Waals surface area contributed by atoms with E-state index in [1.54, 1.807) is 40.9 Å². The molecule has 0 fully saturated rings. The Morgan fingerprint density at radius 1 is 0.514 bits per heavy atom. The van der Waals surface area contributed by atoms with Crippen molar-refractivity contribution in [3.05, 3.63) is 193 Å². The van der Waals surface area contributed by atoms with E-state index in [0.717, 1.165) is 62.1 Å². The lowest BCUT2D eigenvalue weighted by Crippen LogP contribution is -2.40. The summed E-state index contributed by atoms with van der Waals surface area (Å²) in [5.74, 6) is 3.42. The summed E-state index contributed by atoms with van der Waals surface area (Å²) in [7, 11) is 5.15. The minimum atomic E-state index is 0.496. The highest BCUT2D eigenvalue weighted by Crippen LogP contribution is 2.21. The lowest BCUT2D eigenvalue weighted by Gasteiger charge is -2.18. The van der Waals surface area contributed by atoms with Crippen molar-refractivity contribution in [2.45, 2.75) is 40.4 Å². The average molecular weight is 1050 g/mol. The molecule has 0 atom stereocenters. The van der Waals surface area contributed by atoms with Crippen LogP contribution < -0.4 is 20.5 Å². The second-order valence-corrected chi connectivity index (χ2v) is 18.3. The second kappa shape index (κ2) is 22.8. The van der Waals surface area contributed by atoms with Crippen LogP contribution in [0.5, 0.6) is 11.5 Å². The van der Waals surface area contributed by atoms with E-state index in [1.165, 1.54) is 16.7 Å². The van der Waals surface area contributed by atoms with Gasteiger partial charge >= 0.3 is 0 Å². The maximum Gasteiger partial charge on any atom is 0.209 e. The number of nitrogens with zero attached hydrogens (tertiary/aromatic N) is 13. The molecule has 5 aromatic heterocycles. The number of rotatable bonds is 13. The molecule has 0 spiro atoms. The zero-order valence-corrected chi connectivity index (χ0v) is 43.7. The maximum absolute atomic E-state index is 5.68. The monoisotopic (exact) mass is 1040 g/mol. The van der Waals surface area contributed by atoms with Crippen molar-refractivity contribution in [1.82, 2.24) is 85.8 Å². The number of hydrogen-bond acceptors (Lipinski definition) is 15. The first-order chi connectivity index (χ1) is 35.9. The van der Waals surface area contributed by atoms with Crippen LogP contribution in [0.3, 0.4) is 0 Å². The van der Waals surface area contributed by atoms with Crippen LogP contribution in [0.1, 0.15) is 38.9 Å². The number of nitrogens with one attached hydrogen (secondary N) is 5. The van der Waals surface area contributed by atoms with Crippen molar-refractivity contribution in [1.29, 1.82) is 0 Å². The van der Waals surface area contributed by atoms with Crippen molar-refractivity contribution in [2.75, 3.05) is 14.2 Å². The van der Waals surface area contributed by atoms with Gasteiger partial charge in [-0.2, -0.15) is 9.59 Å². The summed E-state index contributed by atoms with van der Waals surface area (Å²) in [6, 6.07) is 40.2. The molecule has 23 heteroatoms. The summed E-state index contributed by atoms with van der Waals surface area (Å²) in [5, 5.41) is 40.9. The number of tetrazole rings is 2. The van der Waals surface area contributed by atoms with E-state index in [0.29, 0.717) is 45.2 Å². The van der Waals surface area contributed by atoms with Gasteiger partial charge in [0, 0.05) is 25.6 Å². The third-order valence-corrected chi connectivity index (χ3v) is 13.0. The molecule has 376 valence electrons. The van der Waals surface area contributed by atoms with Gasteiger partial charge in [0.05, 0.1) is 61.9 Å². The first kappa shape index (κ1) is 50.3. The van der Waals surface area contributed by atoms with Crippen molar-refractivity contribution >= 4 is 42.5 Å². The molecule has 0 saturated carbocycles. The summed E-state index contributed by atoms with van der Waals surface area (Å²) in [6.07, 6.45) is 5.46. The Morgan fingerprint density at radius 3 is 1.51 bits per heavy atom. The van der Waals surface area contributed by atoms with E-state index in [4.69, 9.17) is 46.1 Å². The highest BCUT2D eigenvalue weighted by atomic mass is 32.1. The predicted molar refractivity (Wildman–Crippen MR) is 289 cm³/mol. The molecule has 6 heterocycles. The lowest BCUT2D eigenvalue weighted by molar-refractivity contribution is 0.288. The molecule has 1 aliphatic heterocycles. The van der Waals surface area contributed by atoms with Gasteiger partial charge in [-0.05, 0) is 96.4 Å². The molecule has 0 bridgehead atoms. The Kier molecular flexibility index (Phi) is 15.5. The number of ether oxygens (including phenoxy) is 2. The number of aryl methyl sites for hydroxylation is 4. The molecule has 0 amide bonds. The largest absolute Gasteiger partial charge is 0.497 e.